The third kappa shape index (κ3) is 5.33. The van der Waals surface area contributed by atoms with E-state index >= 15 is 0 Å². The molecule has 1 amide bonds. The lowest BCUT2D eigenvalue weighted by molar-refractivity contribution is -0.129. The highest BCUT2D eigenvalue weighted by atomic mass is 32.2. The average Bonchev–Trinajstić information content (AvgIpc) is 3.37. The monoisotopic (exact) mass is 584 g/mol. The minimum Gasteiger partial charge on any atom is -0.376 e. The number of rotatable bonds is 7. The van der Waals surface area contributed by atoms with Gasteiger partial charge in [0.15, 0.2) is 5.13 Å². The molecule has 0 radical (unpaired) electrons. The van der Waals surface area contributed by atoms with Crippen molar-refractivity contribution in [1.82, 2.24) is 4.98 Å². The minimum atomic E-state index is -5.73. The van der Waals surface area contributed by atoms with Gasteiger partial charge in [-0.2, -0.15) is 21.6 Å². The van der Waals surface area contributed by atoms with Crippen LogP contribution in [0.1, 0.15) is 73.8 Å². The maximum Gasteiger partial charge on any atom is 0.534 e. The number of nitrogens with zero attached hydrogens (tertiary/aromatic N) is 1. The summed E-state index contributed by atoms with van der Waals surface area (Å²) in [4.78, 5) is 30.8. The number of amides is 1. The number of alkyl halides is 3. The van der Waals surface area contributed by atoms with Crippen molar-refractivity contribution in [2.24, 2.45) is 23.2 Å². The first kappa shape index (κ1) is 28.1. The molecule has 1 heterocycles. The molecular weight excluding hydrogens is 553 g/mol. The number of aromatic nitrogens is 1. The third-order valence-corrected chi connectivity index (χ3v) is 10.7. The quantitative estimate of drug-likeness (QED) is 0.310. The number of thiazole rings is 1. The molecule has 212 valence electrons. The lowest BCUT2D eigenvalue weighted by Crippen LogP contribution is -2.44. The van der Waals surface area contributed by atoms with Gasteiger partial charge in [0.2, 0.25) is 5.91 Å². The molecule has 7 nitrogen and oxygen atoms in total. The van der Waals surface area contributed by atoms with Crippen LogP contribution in [0.25, 0.3) is 0 Å². The van der Waals surface area contributed by atoms with Gasteiger partial charge in [0.05, 0.1) is 0 Å². The van der Waals surface area contributed by atoms with E-state index in [1.807, 2.05) is 6.92 Å². The Morgan fingerprint density at radius 3 is 2.74 bits per heavy atom. The first-order valence-electron chi connectivity index (χ1n) is 13.2. The minimum absolute atomic E-state index is 0.0879. The summed E-state index contributed by atoms with van der Waals surface area (Å²) in [5.41, 5.74) is -4.11. The SMILES string of the molecule is Cc1cnc(NC(=O)CCC[C@@H]2CC(=O)[C@@]3(C)CCC4c5ccc(OS(=O)(=O)C(F)(F)F)cc5CCC4C23)s1. The van der Waals surface area contributed by atoms with E-state index in [0.717, 1.165) is 41.7 Å². The lowest BCUT2D eigenvalue weighted by Gasteiger charge is -2.50. The van der Waals surface area contributed by atoms with Crippen molar-refractivity contribution in [3.05, 3.63) is 40.4 Å². The predicted molar refractivity (Wildman–Crippen MR) is 140 cm³/mol. The Balaban J connectivity index is 1.28. The van der Waals surface area contributed by atoms with E-state index in [0.29, 0.717) is 30.8 Å². The molecule has 39 heavy (non-hydrogen) atoms. The molecule has 0 bridgehead atoms. The Labute approximate surface area is 229 Å². The van der Waals surface area contributed by atoms with Gasteiger partial charge >= 0.3 is 15.6 Å². The number of fused-ring (bicyclic) bond motifs is 5. The zero-order valence-electron chi connectivity index (χ0n) is 21.7. The summed E-state index contributed by atoms with van der Waals surface area (Å²) >= 11 is 1.43. The molecule has 5 atom stereocenters. The zero-order chi connectivity index (χ0) is 28.2. The second kappa shape index (κ2) is 10.2. The number of ketones is 1. The van der Waals surface area contributed by atoms with E-state index in [1.54, 1.807) is 12.3 Å². The van der Waals surface area contributed by atoms with Crippen LogP contribution in [0.3, 0.4) is 0 Å². The number of halogens is 3. The van der Waals surface area contributed by atoms with Crippen LogP contribution in [-0.4, -0.2) is 30.6 Å². The van der Waals surface area contributed by atoms with Crippen LogP contribution in [0.4, 0.5) is 18.3 Å². The standard InChI is InChI=1S/C27H31F3N2O5S2/c1-15-14-31-25(38-15)32-23(34)5-3-4-17-13-22(33)26(2)11-10-20-19-9-7-18(37-39(35,36)27(28,29)30)12-16(19)6-8-21(20)24(17)26/h7,9,12,14,17,20-21,24H,3-6,8,10-11,13H2,1-2H3,(H,31,32,34)/t17-,20?,21?,24?,26-/m1/s1. The van der Waals surface area contributed by atoms with E-state index in [-0.39, 0.29) is 41.1 Å². The van der Waals surface area contributed by atoms with Crippen LogP contribution >= 0.6 is 11.3 Å². The average molecular weight is 585 g/mol. The van der Waals surface area contributed by atoms with Crippen LogP contribution in [0.2, 0.25) is 0 Å². The summed E-state index contributed by atoms with van der Waals surface area (Å²) < 4.78 is 65.6. The molecule has 3 aliphatic carbocycles. The van der Waals surface area contributed by atoms with Crippen molar-refractivity contribution >= 4 is 38.3 Å². The maximum atomic E-state index is 13.2. The molecule has 1 N–H and O–H groups in total. The number of hydrogen-bond acceptors (Lipinski definition) is 7. The molecule has 0 aliphatic heterocycles. The largest absolute Gasteiger partial charge is 0.534 e. The van der Waals surface area contributed by atoms with Crippen molar-refractivity contribution in [2.75, 3.05) is 5.32 Å². The lowest BCUT2D eigenvalue weighted by atomic mass is 9.54. The molecule has 3 aliphatic rings. The fraction of sp³-hybridized carbons (Fsp3) is 0.593. The summed E-state index contributed by atoms with van der Waals surface area (Å²) in [5, 5.41) is 3.42. The summed E-state index contributed by atoms with van der Waals surface area (Å²) in [5.74, 6) is 0.579. The number of nitrogens with one attached hydrogen (secondary N) is 1. The van der Waals surface area contributed by atoms with Crippen LogP contribution in [0, 0.1) is 30.1 Å². The molecular formula is C27H31F3N2O5S2. The fourth-order valence-electron chi connectivity index (χ4n) is 7.23. The summed E-state index contributed by atoms with van der Waals surface area (Å²) in [6.07, 6.45) is 6.88. The summed E-state index contributed by atoms with van der Waals surface area (Å²) in [7, 11) is -5.73. The Kier molecular flexibility index (Phi) is 7.32. The highest BCUT2D eigenvalue weighted by Crippen LogP contribution is 2.62. The first-order valence-corrected chi connectivity index (χ1v) is 15.4. The molecule has 2 aromatic rings. The number of benzene rings is 1. The normalized spacial score (nSPS) is 28.4. The van der Waals surface area contributed by atoms with Crippen molar-refractivity contribution < 1.29 is 35.4 Å². The Morgan fingerprint density at radius 1 is 1.28 bits per heavy atom. The van der Waals surface area contributed by atoms with E-state index in [9.17, 15) is 31.2 Å². The number of hydrogen-bond donors (Lipinski definition) is 1. The third-order valence-electron chi connectivity index (χ3n) is 8.88. The summed E-state index contributed by atoms with van der Waals surface area (Å²) in [6.45, 7) is 4.00. The first-order chi connectivity index (χ1) is 18.3. The highest BCUT2D eigenvalue weighted by Gasteiger charge is 2.58. The van der Waals surface area contributed by atoms with E-state index in [1.165, 1.54) is 23.5 Å². The van der Waals surface area contributed by atoms with Gasteiger partial charge < -0.3 is 9.50 Å². The van der Waals surface area contributed by atoms with E-state index < -0.39 is 21.0 Å². The van der Waals surface area contributed by atoms with Gasteiger partial charge in [-0.15, -0.1) is 11.3 Å². The van der Waals surface area contributed by atoms with Crippen LogP contribution in [0.5, 0.6) is 5.75 Å². The molecule has 12 heteroatoms. The van der Waals surface area contributed by atoms with Crippen molar-refractivity contribution in [2.45, 2.75) is 76.6 Å². The highest BCUT2D eigenvalue weighted by molar-refractivity contribution is 7.88. The van der Waals surface area contributed by atoms with Crippen LogP contribution in [0.15, 0.2) is 24.4 Å². The van der Waals surface area contributed by atoms with Crippen molar-refractivity contribution in [3.63, 3.8) is 0 Å². The number of carbonyl (C=O) groups is 2. The number of carbonyl (C=O) groups excluding carboxylic acids is 2. The number of Topliss-reactive ketones (excluding diaryl/α,β-unsaturated/α-hetero) is 1. The second-order valence-corrected chi connectivity index (χ2v) is 14.0. The number of aryl methyl sites for hydroxylation is 2. The predicted octanol–water partition coefficient (Wildman–Crippen LogP) is 6.14. The Bertz CT molecular complexity index is 1390. The zero-order valence-corrected chi connectivity index (χ0v) is 23.3. The molecule has 3 unspecified atom stereocenters. The van der Waals surface area contributed by atoms with Gasteiger partial charge in [0.1, 0.15) is 11.5 Å². The van der Waals surface area contributed by atoms with Crippen LogP contribution in [-0.2, 0) is 26.1 Å². The molecule has 5 rings (SSSR count). The van der Waals surface area contributed by atoms with Gasteiger partial charge in [-0.1, -0.05) is 13.0 Å². The topological polar surface area (TPSA) is 102 Å². The molecule has 1 aromatic carbocycles. The van der Waals surface area contributed by atoms with Gasteiger partial charge in [-0.05, 0) is 92.4 Å². The molecule has 1 aromatic heterocycles. The Morgan fingerprint density at radius 2 is 2.05 bits per heavy atom. The molecule has 2 saturated carbocycles. The Hall–Kier alpha value is -2.47. The van der Waals surface area contributed by atoms with Gasteiger partial charge in [0.25, 0.3) is 0 Å². The second-order valence-electron chi connectivity index (χ2n) is 11.2. The van der Waals surface area contributed by atoms with Gasteiger partial charge in [-0.25, -0.2) is 4.98 Å². The van der Waals surface area contributed by atoms with Gasteiger partial charge in [0, 0.05) is 29.3 Å². The smallest absolute Gasteiger partial charge is 0.376 e. The molecule has 2 fully saturated rings. The molecule has 0 spiro atoms. The maximum absolute atomic E-state index is 13.2. The van der Waals surface area contributed by atoms with E-state index in [4.69, 9.17) is 0 Å². The van der Waals surface area contributed by atoms with Crippen LogP contribution < -0.4 is 9.50 Å². The van der Waals surface area contributed by atoms with E-state index in [2.05, 4.69) is 21.4 Å². The van der Waals surface area contributed by atoms with Gasteiger partial charge in [-0.3, -0.25) is 9.59 Å². The van der Waals surface area contributed by atoms with Crippen molar-refractivity contribution in [1.29, 1.82) is 0 Å². The summed E-state index contributed by atoms with van der Waals surface area (Å²) in [6, 6.07) is 4.38. The number of anilines is 1. The molecule has 0 saturated heterocycles. The fourth-order valence-corrected chi connectivity index (χ4v) is 8.36. The van der Waals surface area contributed by atoms with Crippen molar-refractivity contribution in [3.8, 4) is 5.75 Å².